The molecule has 0 saturated carbocycles. The molecule has 0 saturated heterocycles. The van der Waals surface area contributed by atoms with E-state index in [0.717, 1.165) is 16.8 Å². The summed E-state index contributed by atoms with van der Waals surface area (Å²) in [7, 11) is 0. The van der Waals surface area contributed by atoms with Gasteiger partial charge in [-0.05, 0) is 36.8 Å². The molecule has 7 heteroatoms. The molecule has 1 N–H and O–H groups in total. The minimum Gasteiger partial charge on any atom is -0.334 e. The second-order valence-electron chi connectivity index (χ2n) is 8.49. The first-order valence-electron chi connectivity index (χ1n) is 10.1. The molecular formula is C24H25N5O2. The zero-order valence-electron chi connectivity index (χ0n) is 18.1. The van der Waals surface area contributed by atoms with Crippen molar-refractivity contribution >= 4 is 11.7 Å². The van der Waals surface area contributed by atoms with E-state index in [4.69, 9.17) is 9.62 Å². The maximum absolute atomic E-state index is 12.9. The number of carbonyl (C=O) groups excluding carboxylic acids is 1. The van der Waals surface area contributed by atoms with Crippen molar-refractivity contribution in [3.05, 3.63) is 83.3 Å². The topological polar surface area (TPSA) is 85.8 Å². The number of nitrogens with one attached hydrogen (secondary N) is 1. The van der Waals surface area contributed by atoms with Crippen molar-refractivity contribution < 1.29 is 9.32 Å². The lowest BCUT2D eigenvalue weighted by Gasteiger charge is -2.14. The van der Waals surface area contributed by atoms with Crippen molar-refractivity contribution in [2.24, 2.45) is 0 Å². The third kappa shape index (κ3) is 4.71. The molecule has 0 atom stereocenters. The van der Waals surface area contributed by atoms with E-state index in [1.807, 2.05) is 41.1 Å². The quantitative estimate of drug-likeness (QED) is 0.504. The summed E-state index contributed by atoms with van der Waals surface area (Å²) in [6.07, 6.45) is 0. The van der Waals surface area contributed by atoms with E-state index in [2.05, 4.69) is 36.2 Å². The van der Waals surface area contributed by atoms with E-state index in [9.17, 15) is 4.79 Å². The van der Waals surface area contributed by atoms with Gasteiger partial charge in [0.15, 0.2) is 5.82 Å². The summed E-state index contributed by atoms with van der Waals surface area (Å²) in [4.78, 5) is 17.1. The minimum atomic E-state index is -0.206. The Kier molecular flexibility index (Phi) is 5.42. The van der Waals surface area contributed by atoms with Crippen molar-refractivity contribution in [2.45, 2.75) is 39.7 Å². The molecule has 2 heterocycles. The van der Waals surface area contributed by atoms with Crippen molar-refractivity contribution in [3.63, 3.8) is 0 Å². The van der Waals surface area contributed by atoms with Crippen LogP contribution in [-0.2, 0) is 12.0 Å². The molecule has 7 nitrogen and oxygen atoms in total. The van der Waals surface area contributed by atoms with E-state index in [1.165, 1.54) is 0 Å². The van der Waals surface area contributed by atoms with E-state index in [1.54, 1.807) is 31.2 Å². The van der Waals surface area contributed by atoms with Gasteiger partial charge in [0.05, 0.1) is 12.2 Å². The second-order valence-corrected chi connectivity index (χ2v) is 8.49. The molecular weight excluding hydrogens is 390 g/mol. The average molecular weight is 415 g/mol. The van der Waals surface area contributed by atoms with Gasteiger partial charge in [-0.25, -0.2) is 4.68 Å². The molecule has 0 aliphatic heterocycles. The normalized spacial score (nSPS) is 11.5. The van der Waals surface area contributed by atoms with Gasteiger partial charge in [0, 0.05) is 22.6 Å². The number of anilines is 1. The molecule has 0 spiro atoms. The number of aryl methyl sites for hydroxylation is 1. The Labute approximate surface area is 181 Å². The van der Waals surface area contributed by atoms with Gasteiger partial charge in [0.1, 0.15) is 5.82 Å². The summed E-state index contributed by atoms with van der Waals surface area (Å²) in [5.74, 6) is 1.46. The van der Waals surface area contributed by atoms with Gasteiger partial charge in [0.25, 0.3) is 11.8 Å². The highest BCUT2D eigenvalue weighted by molar-refractivity contribution is 6.04. The van der Waals surface area contributed by atoms with Crippen LogP contribution in [-0.4, -0.2) is 25.8 Å². The number of carbonyl (C=O) groups is 1. The monoisotopic (exact) mass is 415 g/mol. The molecule has 2 aromatic heterocycles. The van der Waals surface area contributed by atoms with Crippen LogP contribution in [0.1, 0.15) is 48.2 Å². The van der Waals surface area contributed by atoms with Crippen LogP contribution in [0.3, 0.4) is 0 Å². The van der Waals surface area contributed by atoms with Gasteiger partial charge in [-0.3, -0.25) is 4.79 Å². The highest BCUT2D eigenvalue weighted by Crippen LogP contribution is 2.25. The molecule has 1 amide bonds. The fraction of sp³-hybridized carbons (Fsp3) is 0.250. The third-order valence-corrected chi connectivity index (χ3v) is 4.89. The summed E-state index contributed by atoms with van der Waals surface area (Å²) in [6, 6.07) is 19.1. The van der Waals surface area contributed by atoms with Crippen LogP contribution < -0.4 is 5.32 Å². The summed E-state index contributed by atoms with van der Waals surface area (Å²) in [5, 5.41) is 11.6. The number of nitrogens with zero attached hydrogens (tertiary/aromatic N) is 4. The maximum atomic E-state index is 12.9. The van der Waals surface area contributed by atoms with Crippen LogP contribution in [0.4, 0.5) is 5.82 Å². The van der Waals surface area contributed by atoms with Crippen LogP contribution in [0.2, 0.25) is 0 Å². The molecule has 4 aromatic rings. The third-order valence-electron chi connectivity index (χ3n) is 4.89. The van der Waals surface area contributed by atoms with Gasteiger partial charge in [-0.15, -0.1) is 0 Å². The maximum Gasteiger partial charge on any atom is 0.257 e. The first-order chi connectivity index (χ1) is 14.8. The summed E-state index contributed by atoms with van der Waals surface area (Å²) < 4.78 is 7.02. The second kappa shape index (κ2) is 8.18. The van der Waals surface area contributed by atoms with Crippen molar-refractivity contribution in [1.29, 1.82) is 0 Å². The van der Waals surface area contributed by atoms with Crippen molar-refractivity contribution in [2.75, 3.05) is 5.32 Å². The zero-order valence-corrected chi connectivity index (χ0v) is 18.1. The lowest BCUT2D eigenvalue weighted by atomic mass is 9.92. The summed E-state index contributed by atoms with van der Waals surface area (Å²) in [5.41, 5.74) is 3.19. The van der Waals surface area contributed by atoms with Gasteiger partial charge < -0.3 is 9.84 Å². The Hall–Kier alpha value is -3.74. The van der Waals surface area contributed by atoms with E-state index in [-0.39, 0.29) is 11.3 Å². The molecule has 158 valence electrons. The average Bonchev–Trinajstić information content (AvgIpc) is 3.35. The summed E-state index contributed by atoms with van der Waals surface area (Å²) >= 11 is 0. The Morgan fingerprint density at radius 3 is 2.39 bits per heavy atom. The Morgan fingerprint density at radius 1 is 1.06 bits per heavy atom. The van der Waals surface area contributed by atoms with Crippen LogP contribution in [0.15, 0.2) is 65.2 Å². The Balaban J connectivity index is 1.57. The fourth-order valence-electron chi connectivity index (χ4n) is 3.13. The van der Waals surface area contributed by atoms with E-state index < -0.39 is 0 Å². The number of rotatable bonds is 5. The molecule has 0 aliphatic carbocycles. The first-order valence-corrected chi connectivity index (χ1v) is 10.1. The molecule has 0 unspecified atom stereocenters. The Bertz CT molecular complexity index is 1180. The lowest BCUT2D eigenvalue weighted by molar-refractivity contribution is 0.102. The number of amides is 1. The smallest absolute Gasteiger partial charge is 0.257 e. The van der Waals surface area contributed by atoms with E-state index >= 15 is 0 Å². The highest BCUT2D eigenvalue weighted by atomic mass is 16.5. The SMILES string of the molecule is Cc1noc(-c2ccc(C(=O)Nc3cc(C(C)(C)C)nn3Cc3ccccc3)cc2)n1. The van der Waals surface area contributed by atoms with Crippen LogP contribution in [0, 0.1) is 6.92 Å². The number of hydrogen-bond donors (Lipinski definition) is 1. The van der Waals surface area contributed by atoms with Gasteiger partial charge in [-0.1, -0.05) is 56.3 Å². The van der Waals surface area contributed by atoms with Gasteiger partial charge in [-0.2, -0.15) is 10.1 Å². The van der Waals surface area contributed by atoms with Crippen molar-refractivity contribution in [3.8, 4) is 11.5 Å². The number of hydrogen-bond acceptors (Lipinski definition) is 5. The standard InChI is InChI=1S/C24H25N5O2/c1-16-25-23(31-28-16)19-12-10-18(11-13-19)22(30)26-21-14-20(24(2,3)4)27-29(21)15-17-8-6-5-7-9-17/h5-14H,15H2,1-4H3,(H,26,30). The molecule has 0 radical (unpaired) electrons. The molecule has 31 heavy (non-hydrogen) atoms. The largest absolute Gasteiger partial charge is 0.334 e. The first kappa shape index (κ1) is 20.5. The van der Waals surface area contributed by atoms with Crippen molar-refractivity contribution in [1.82, 2.24) is 19.9 Å². The predicted octanol–water partition coefficient (Wildman–Crippen LogP) is 4.84. The molecule has 0 aliphatic rings. The van der Waals surface area contributed by atoms with Gasteiger partial charge >= 0.3 is 0 Å². The molecule has 4 rings (SSSR count). The highest BCUT2D eigenvalue weighted by Gasteiger charge is 2.21. The number of benzene rings is 2. The van der Waals surface area contributed by atoms with Crippen LogP contribution >= 0.6 is 0 Å². The predicted molar refractivity (Wildman–Crippen MR) is 119 cm³/mol. The molecule has 2 aromatic carbocycles. The van der Waals surface area contributed by atoms with E-state index in [0.29, 0.717) is 29.6 Å². The fourth-order valence-corrected chi connectivity index (χ4v) is 3.13. The summed E-state index contributed by atoms with van der Waals surface area (Å²) in [6.45, 7) is 8.64. The lowest BCUT2D eigenvalue weighted by Crippen LogP contribution is -2.16. The number of aromatic nitrogens is 4. The van der Waals surface area contributed by atoms with Crippen LogP contribution in [0.5, 0.6) is 0 Å². The Morgan fingerprint density at radius 2 is 1.77 bits per heavy atom. The molecule has 0 bridgehead atoms. The molecule has 0 fully saturated rings. The minimum absolute atomic E-state index is 0.134. The van der Waals surface area contributed by atoms with Gasteiger partial charge in [0.2, 0.25) is 0 Å². The zero-order chi connectivity index (χ0) is 22.0. The van der Waals surface area contributed by atoms with Crippen LogP contribution in [0.25, 0.3) is 11.5 Å².